The molecule has 0 aliphatic heterocycles. The number of nitrogens with two attached hydrogens (primary N) is 2. The first-order chi connectivity index (χ1) is 17.3. The maximum atomic E-state index is 13.6. The minimum absolute atomic E-state index is 0.000931. The van der Waals surface area contributed by atoms with Gasteiger partial charge in [0.1, 0.15) is 5.75 Å². The number of carbonyl (C=O) groups is 1. The number of carbonyl (C=O) groups excluding carboxylic acids is 1. The summed E-state index contributed by atoms with van der Waals surface area (Å²) in [5.74, 6) is -2.14. The van der Waals surface area contributed by atoms with Crippen LogP contribution < -0.4 is 21.8 Å². The van der Waals surface area contributed by atoms with Crippen LogP contribution in [-0.2, 0) is 6.54 Å². The van der Waals surface area contributed by atoms with Crippen LogP contribution in [0.5, 0.6) is 5.75 Å². The van der Waals surface area contributed by atoms with Crippen molar-refractivity contribution in [2.24, 2.45) is 0 Å². The molecule has 4 aromatic rings. The molecule has 4 rings (SSSR count). The molecular weight excluding hydrogens is 464 g/mol. The van der Waals surface area contributed by atoms with Gasteiger partial charge in [0.2, 0.25) is 0 Å². The van der Waals surface area contributed by atoms with Crippen LogP contribution >= 0.6 is 0 Å². The minimum Gasteiger partial charge on any atom is -0.493 e. The highest BCUT2D eigenvalue weighted by Gasteiger charge is 2.21. The van der Waals surface area contributed by atoms with Gasteiger partial charge in [-0.15, -0.1) is 0 Å². The first kappa shape index (κ1) is 24.7. The smallest absolute Gasteiger partial charge is 0.261 e. The average molecular weight is 490 g/mol. The molecule has 184 valence electrons. The zero-order chi connectivity index (χ0) is 25.7. The molecule has 0 aliphatic rings. The molecule has 0 saturated carbocycles. The Balaban J connectivity index is 1.54. The Morgan fingerprint density at radius 2 is 1.67 bits per heavy atom. The fourth-order valence-electron chi connectivity index (χ4n) is 3.88. The molecule has 0 fully saturated rings. The Hall–Kier alpha value is -4.46. The molecule has 4 N–H and O–H groups in total. The molecule has 36 heavy (non-hydrogen) atoms. The monoisotopic (exact) mass is 489 g/mol. The number of halogens is 2. The molecule has 1 aromatic heterocycles. The second-order valence-electron chi connectivity index (χ2n) is 8.44. The molecule has 0 unspecified atom stereocenters. The Morgan fingerprint density at radius 1 is 0.889 bits per heavy atom. The largest absolute Gasteiger partial charge is 0.493 e. The van der Waals surface area contributed by atoms with Gasteiger partial charge in [0.25, 0.3) is 5.56 Å². The Bertz CT molecular complexity index is 1440. The standard InChI is InChI=1S/C28H25F2N3O3/c29-23-10-8-18(13-24(23)30)16-33-12-4-7-22(28(33)35)27(34)14-20(19-5-2-1-3-6-19)17-36-21-9-11-25(31)26(32)15-21/h1-13,15,20H,14,16-17,31-32H2/t20-/m0/s1. The van der Waals surface area contributed by atoms with Gasteiger partial charge in [-0.3, -0.25) is 9.59 Å². The van der Waals surface area contributed by atoms with Gasteiger partial charge in [-0.05, 0) is 47.5 Å². The second kappa shape index (κ2) is 10.9. The van der Waals surface area contributed by atoms with Gasteiger partial charge in [0, 0.05) is 24.6 Å². The quantitative estimate of drug-likeness (QED) is 0.260. The number of ether oxygens (including phenoxy) is 1. The predicted octanol–water partition coefficient (Wildman–Crippen LogP) is 4.77. The van der Waals surface area contributed by atoms with Gasteiger partial charge >= 0.3 is 0 Å². The molecule has 0 aliphatic carbocycles. The van der Waals surface area contributed by atoms with Gasteiger partial charge in [0.15, 0.2) is 17.4 Å². The number of anilines is 2. The topological polar surface area (TPSA) is 100 Å². The van der Waals surface area contributed by atoms with E-state index in [1.807, 2.05) is 30.3 Å². The Labute approximate surface area is 206 Å². The Morgan fingerprint density at radius 3 is 2.39 bits per heavy atom. The van der Waals surface area contributed by atoms with Gasteiger partial charge < -0.3 is 20.8 Å². The van der Waals surface area contributed by atoms with Gasteiger partial charge in [-0.2, -0.15) is 0 Å². The summed E-state index contributed by atoms with van der Waals surface area (Å²) in [6.45, 7) is 0.177. The highest BCUT2D eigenvalue weighted by atomic mass is 19.2. The number of nitrogen functional groups attached to an aromatic ring is 2. The van der Waals surface area contributed by atoms with E-state index in [2.05, 4.69) is 0 Å². The van der Waals surface area contributed by atoms with Crippen molar-refractivity contribution in [3.8, 4) is 5.75 Å². The summed E-state index contributed by atoms with van der Waals surface area (Å²) in [5.41, 5.74) is 13.3. The van der Waals surface area contributed by atoms with Crippen LogP contribution in [0, 0.1) is 11.6 Å². The lowest BCUT2D eigenvalue weighted by Gasteiger charge is -2.18. The lowest BCUT2D eigenvalue weighted by Crippen LogP contribution is -2.27. The molecule has 1 heterocycles. The number of nitrogens with zero attached hydrogens (tertiary/aromatic N) is 1. The van der Waals surface area contributed by atoms with E-state index < -0.39 is 17.2 Å². The summed E-state index contributed by atoms with van der Waals surface area (Å²) in [6, 6.07) is 20.8. The van der Waals surface area contributed by atoms with Crippen LogP contribution in [-0.4, -0.2) is 17.0 Å². The summed E-state index contributed by atoms with van der Waals surface area (Å²) in [5, 5.41) is 0. The number of benzene rings is 3. The average Bonchev–Trinajstić information content (AvgIpc) is 2.87. The SMILES string of the molecule is Nc1ccc(OC[C@H](CC(=O)c2cccn(Cc3ccc(F)c(F)c3)c2=O)c2ccccc2)cc1N. The molecule has 6 nitrogen and oxygen atoms in total. The molecule has 0 bridgehead atoms. The Kier molecular flexibility index (Phi) is 7.44. The highest BCUT2D eigenvalue weighted by molar-refractivity contribution is 5.96. The summed E-state index contributed by atoms with van der Waals surface area (Å²) in [7, 11) is 0. The van der Waals surface area contributed by atoms with Gasteiger partial charge in [0.05, 0.1) is 30.1 Å². The maximum Gasteiger partial charge on any atom is 0.261 e. The van der Waals surface area contributed by atoms with Crippen LogP contribution in [0.25, 0.3) is 0 Å². The zero-order valence-corrected chi connectivity index (χ0v) is 19.4. The van der Waals surface area contributed by atoms with Crippen molar-refractivity contribution in [2.45, 2.75) is 18.9 Å². The van der Waals surface area contributed by atoms with Crippen molar-refractivity contribution in [3.63, 3.8) is 0 Å². The third kappa shape index (κ3) is 5.78. The highest BCUT2D eigenvalue weighted by Crippen LogP contribution is 2.26. The molecule has 0 saturated heterocycles. The molecular formula is C28H25F2N3O3. The van der Waals surface area contributed by atoms with E-state index in [4.69, 9.17) is 16.2 Å². The first-order valence-electron chi connectivity index (χ1n) is 11.3. The summed E-state index contributed by atoms with van der Waals surface area (Å²) in [6.07, 6.45) is 1.53. The molecule has 0 spiro atoms. The third-order valence-electron chi connectivity index (χ3n) is 5.87. The van der Waals surface area contributed by atoms with E-state index in [-0.39, 0.29) is 36.8 Å². The van der Waals surface area contributed by atoms with Crippen molar-refractivity contribution in [3.05, 3.63) is 124 Å². The molecule has 8 heteroatoms. The molecule has 1 atom stereocenters. The number of hydrogen-bond donors (Lipinski definition) is 2. The van der Waals surface area contributed by atoms with Crippen LogP contribution in [0.15, 0.2) is 89.9 Å². The number of pyridine rings is 1. The lowest BCUT2D eigenvalue weighted by molar-refractivity contribution is 0.0961. The predicted molar refractivity (Wildman–Crippen MR) is 135 cm³/mol. The van der Waals surface area contributed by atoms with Crippen LogP contribution in [0.1, 0.15) is 33.8 Å². The number of rotatable bonds is 9. The van der Waals surface area contributed by atoms with Crippen LogP contribution in [0.4, 0.5) is 20.2 Å². The normalized spacial score (nSPS) is 11.7. The number of ketones is 1. The minimum atomic E-state index is -0.999. The van der Waals surface area contributed by atoms with Crippen molar-refractivity contribution in [2.75, 3.05) is 18.1 Å². The van der Waals surface area contributed by atoms with Crippen LogP contribution in [0.3, 0.4) is 0 Å². The summed E-state index contributed by atoms with van der Waals surface area (Å²) >= 11 is 0. The van der Waals surface area contributed by atoms with E-state index >= 15 is 0 Å². The van der Waals surface area contributed by atoms with E-state index in [0.29, 0.717) is 22.7 Å². The molecule has 3 aromatic carbocycles. The number of Topliss-reactive ketones (excluding diaryl/α,β-unsaturated/α-hetero) is 1. The van der Waals surface area contributed by atoms with Crippen molar-refractivity contribution < 1.29 is 18.3 Å². The summed E-state index contributed by atoms with van der Waals surface area (Å²) < 4.78 is 34.0. The molecule has 0 radical (unpaired) electrons. The zero-order valence-electron chi connectivity index (χ0n) is 19.4. The van der Waals surface area contributed by atoms with Crippen molar-refractivity contribution in [1.29, 1.82) is 0 Å². The van der Waals surface area contributed by atoms with Crippen LogP contribution in [0.2, 0.25) is 0 Å². The fraction of sp³-hybridized carbons (Fsp3) is 0.143. The van der Waals surface area contributed by atoms with E-state index in [9.17, 15) is 18.4 Å². The van der Waals surface area contributed by atoms with Gasteiger partial charge in [-0.1, -0.05) is 36.4 Å². The lowest BCUT2D eigenvalue weighted by atomic mass is 9.92. The fourth-order valence-corrected chi connectivity index (χ4v) is 3.88. The van der Waals surface area contributed by atoms with E-state index in [1.165, 1.54) is 22.9 Å². The van der Waals surface area contributed by atoms with Crippen molar-refractivity contribution in [1.82, 2.24) is 4.57 Å². The van der Waals surface area contributed by atoms with Crippen molar-refractivity contribution >= 4 is 17.2 Å². The van der Waals surface area contributed by atoms with E-state index in [1.54, 1.807) is 24.3 Å². The third-order valence-corrected chi connectivity index (χ3v) is 5.87. The maximum absolute atomic E-state index is 13.6. The van der Waals surface area contributed by atoms with Gasteiger partial charge in [-0.25, -0.2) is 8.78 Å². The summed E-state index contributed by atoms with van der Waals surface area (Å²) in [4.78, 5) is 26.3. The molecule has 0 amide bonds. The second-order valence-corrected chi connectivity index (χ2v) is 8.44. The number of hydrogen-bond acceptors (Lipinski definition) is 5. The number of aromatic nitrogens is 1. The first-order valence-corrected chi connectivity index (χ1v) is 11.3. The van der Waals surface area contributed by atoms with E-state index in [0.717, 1.165) is 17.7 Å².